The molecule has 0 radical (unpaired) electrons. The van der Waals surface area contributed by atoms with Gasteiger partial charge in [0.15, 0.2) is 12.3 Å². The lowest BCUT2D eigenvalue weighted by Crippen LogP contribution is -2.27. The number of halogens is 3. The summed E-state index contributed by atoms with van der Waals surface area (Å²) in [6.45, 7) is 1.13. The minimum absolute atomic E-state index is 0.0329. The molecule has 0 fully saturated rings. The van der Waals surface area contributed by atoms with Gasteiger partial charge in [0.1, 0.15) is 18.9 Å². The van der Waals surface area contributed by atoms with Gasteiger partial charge in [-0.1, -0.05) is 18.2 Å². The molecule has 0 aliphatic heterocycles. The Morgan fingerprint density at radius 3 is 2.44 bits per heavy atom. The number of nitrogens with zero attached hydrogens (tertiary/aromatic N) is 3. The van der Waals surface area contributed by atoms with Crippen molar-refractivity contribution in [2.75, 3.05) is 13.2 Å². The highest BCUT2D eigenvalue weighted by atomic mass is 19.4. The molecule has 0 amide bonds. The van der Waals surface area contributed by atoms with E-state index in [1.807, 2.05) is 6.07 Å². The molecule has 3 aromatic rings. The van der Waals surface area contributed by atoms with Gasteiger partial charge in [-0.05, 0) is 38.1 Å². The van der Waals surface area contributed by atoms with E-state index in [4.69, 9.17) is 9.47 Å². The number of rotatable bonds is 9. The molecule has 0 saturated carbocycles. The molecule has 1 aromatic carbocycles. The zero-order valence-corrected chi connectivity index (χ0v) is 18.5. The lowest BCUT2D eigenvalue weighted by atomic mass is 10.1. The second kappa shape index (κ2) is 10.4. The van der Waals surface area contributed by atoms with Crippen LogP contribution in [-0.2, 0) is 17.8 Å². The van der Waals surface area contributed by atoms with Crippen LogP contribution in [0.25, 0.3) is 0 Å². The maximum atomic E-state index is 12.8. The van der Waals surface area contributed by atoms with Crippen LogP contribution in [0.5, 0.6) is 5.75 Å². The highest BCUT2D eigenvalue weighted by Gasteiger charge is 2.30. The molecule has 0 spiro atoms. The Kier molecular flexibility index (Phi) is 7.54. The molecule has 0 N–H and O–H groups in total. The van der Waals surface area contributed by atoms with Crippen LogP contribution in [0.1, 0.15) is 32.2 Å². The minimum atomic E-state index is -4.44. The maximum absolute atomic E-state index is 12.8. The number of esters is 1. The molecule has 34 heavy (non-hydrogen) atoms. The zero-order chi connectivity index (χ0) is 24.9. The van der Waals surface area contributed by atoms with Gasteiger partial charge in [0.2, 0.25) is 5.78 Å². The summed E-state index contributed by atoms with van der Waals surface area (Å²) < 4.78 is 50.8. The molecule has 0 saturated heterocycles. The molecular formula is C23H22F3N3O5. The normalized spacial score (nSPS) is 11.3. The summed E-state index contributed by atoms with van der Waals surface area (Å²) in [5.41, 5.74) is -0.237. The number of carbonyl (C=O) groups excluding carboxylic acids is 2. The van der Waals surface area contributed by atoms with E-state index in [0.717, 1.165) is 15.3 Å². The highest BCUT2D eigenvalue weighted by molar-refractivity contribution is 6.00. The fraction of sp³-hybridized carbons (Fsp3) is 0.304. The summed E-state index contributed by atoms with van der Waals surface area (Å²) in [5, 5.41) is 3.94. The largest absolute Gasteiger partial charge is 0.492 e. The number of ketones is 1. The Labute approximate surface area is 192 Å². The van der Waals surface area contributed by atoms with Crippen molar-refractivity contribution in [1.82, 2.24) is 14.3 Å². The van der Waals surface area contributed by atoms with Crippen LogP contribution in [0, 0.1) is 13.8 Å². The molecular weight excluding hydrogens is 455 g/mol. The molecule has 0 aliphatic rings. The van der Waals surface area contributed by atoms with Crippen molar-refractivity contribution in [1.29, 1.82) is 0 Å². The molecule has 0 bridgehead atoms. The van der Waals surface area contributed by atoms with Gasteiger partial charge in [0, 0.05) is 23.0 Å². The third-order valence-corrected chi connectivity index (χ3v) is 4.94. The third-order valence-electron chi connectivity index (χ3n) is 4.94. The summed E-state index contributed by atoms with van der Waals surface area (Å²) in [6, 6.07) is 12.6. The fourth-order valence-electron chi connectivity index (χ4n) is 3.27. The predicted molar refractivity (Wildman–Crippen MR) is 115 cm³/mol. The van der Waals surface area contributed by atoms with Crippen LogP contribution in [0.2, 0.25) is 0 Å². The second-order valence-electron chi connectivity index (χ2n) is 7.43. The summed E-state index contributed by atoms with van der Waals surface area (Å²) in [7, 11) is 0. The van der Waals surface area contributed by atoms with Gasteiger partial charge in [-0.3, -0.25) is 9.59 Å². The number of hydrogen-bond donors (Lipinski definition) is 0. The first-order chi connectivity index (χ1) is 16.0. The van der Waals surface area contributed by atoms with Gasteiger partial charge in [0.05, 0.1) is 6.54 Å². The van der Waals surface area contributed by atoms with Crippen molar-refractivity contribution >= 4 is 11.8 Å². The summed E-state index contributed by atoms with van der Waals surface area (Å²) in [4.78, 5) is 36.8. The third kappa shape index (κ3) is 6.33. The molecule has 8 nitrogen and oxygen atoms in total. The fourth-order valence-corrected chi connectivity index (χ4v) is 3.27. The Hall–Kier alpha value is -3.89. The summed E-state index contributed by atoms with van der Waals surface area (Å²) in [5.74, 6) is -0.992. The van der Waals surface area contributed by atoms with Gasteiger partial charge in [0.25, 0.3) is 5.56 Å². The number of aryl methyl sites for hydroxylation is 1. The van der Waals surface area contributed by atoms with Gasteiger partial charge < -0.3 is 14.0 Å². The first kappa shape index (κ1) is 24.7. The van der Waals surface area contributed by atoms with Gasteiger partial charge >= 0.3 is 12.1 Å². The Morgan fingerprint density at radius 2 is 1.76 bits per heavy atom. The van der Waals surface area contributed by atoms with E-state index in [1.165, 1.54) is 26.0 Å². The number of alkyl halides is 3. The van der Waals surface area contributed by atoms with Crippen LogP contribution in [0.3, 0.4) is 0 Å². The van der Waals surface area contributed by atoms with Crippen LogP contribution < -0.4 is 10.3 Å². The summed E-state index contributed by atoms with van der Waals surface area (Å²) >= 11 is 0. The number of carbonyl (C=O) groups is 2. The number of ether oxygens (including phenoxy) is 2. The number of para-hydroxylation sites is 1. The van der Waals surface area contributed by atoms with Crippen molar-refractivity contribution in [3.8, 4) is 5.75 Å². The van der Waals surface area contributed by atoms with Crippen LogP contribution in [0.4, 0.5) is 13.2 Å². The molecule has 3 rings (SSSR count). The van der Waals surface area contributed by atoms with E-state index >= 15 is 0 Å². The molecule has 2 heterocycles. The van der Waals surface area contributed by atoms with Crippen molar-refractivity contribution in [3.05, 3.63) is 81.5 Å². The molecule has 0 atom stereocenters. The Bertz CT molecular complexity index is 1230. The molecule has 0 unspecified atom stereocenters. The Morgan fingerprint density at radius 1 is 1.06 bits per heavy atom. The van der Waals surface area contributed by atoms with E-state index < -0.39 is 36.6 Å². The molecule has 11 heteroatoms. The lowest BCUT2D eigenvalue weighted by molar-refractivity contribution is -0.141. The Balaban J connectivity index is 1.61. The number of hydrogen-bond acceptors (Lipinski definition) is 6. The standard InChI is InChI=1S/C23H22F3N3O5/c1-15-12-18(16(2)28(15)14-23(24,25)26)20(30)13-34-22(32)19-8-9-21(31)29(27-19)10-11-33-17-6-4-3-5-7-17/h3-9,12H,10-11,13-14H2,1-2H3. The van der Waals surface area contributed by atoms with Crippen molar-refractivity contribution < 1.29 is 32.2 Å². The van der Waals surface area contributed by atoms with E-state index in [9.17, 15) is 27.6 Å². The van der Waals surface area contributed by atoms with Crippen LogP contribution in [-0.4, -0.2) is 45.5 Å². The van der Waals surface area contributed by atoms with E-state index in [2.05, 4.69) is 5.10 Å². The van der Waals surface area contributed by atoms with Gasteiger partial charge in [-0.25, -0.2) is 9.48 Å². The van der Waals surface area contributed by atoms with Crippen molar-refractivity contribution in [3.63, 3.8) is 0 Å². The zero-order valence-electron chi connectivity index (χ0n) is 18.5. The minimum Gasteiger partial charge on any atom is -0.492 e. The average Bonchev–Trinajstić information content (AvgIpc) is 3.06. The molecule has 2 aromatic heterocycles. The topological polar surface area (TPSA) is 92.4 Å². The quantitative estimate of drug-likeness (QED) is 0.347. The second-order valence-corrected chi connectivity index (χ2v) is 7.43. The van der Waals surface area contributed by atoms with Gasteiger partial charge in [-0.15, -0.1) is 0 Å². The SMILES string of the molecule is Cc1cc(C(=O)COC(=O)c2ccc(=O)n(CCOc3ccccc3)n2)c(C)n1CC(F)(F)F. The van der Waals surface area contributed by atoms with E-state index in [0.29, 0.717) is 5.75 Å². The first-order valence-corrected chi connectivity index (χ1v) is 10.2. The number of Topliss-reactive ketones (excluding diaryl/α,β-unsaturated/α-hetero) is 1. The van der Waals surface area contributed by atoms with Crippen molar-refractivity contribution in [2.45, 2.75) is 33.1 Å². The smallest absolute Gasteiger partial charge is 0.406 e. The van der Waals surface area contributed by atoms with E-state index in [1.54, 1.807) is 24.3 Å². The predicted octanol–water partition coefficient (Wildman–Crippen LogP) is 3.34. The summed E-state index contributed by atoms with van der Waals surface area (Å²) in [6.07, 6.45) is -4.44. The number of aromatic nitrogens is 3. The van der Waals surface area contributed by atoms with Crippen LogP contribution in [0.15, 0.2) is 53.3 Å². The highest BCUT2D eigenvalue weighted by Crippen LogP contribution is 2.23. The molecule has 180 valence electrons. The average molecular weight is 477 g/mol. The first-order valence-electron chi connectivity index (χ1n) is 10.2. The van der Waals surface area contributed by atoms with E-state index in [-0.39, 0.29) is 35.8 Å². The lowest BCUT2D eigenvalue weighted by Gasteiger charge is -2.12. The monoisotopic (exact) mass is 477 g/mol. The van der Waals surface area contributed by atoms with Crippen molar-refractivity contribution in [2.24, 2.45) is 0 Å². The van der Waals surface area contributed by atoms with Crippen LogP contribution >= 0.6 is 0 Å². The number of benzene rings is 1. The molecule has 0 aliphatic carbocycles. The maximum Gasteiger partial charge on any atom is 0.406 e. The van der Waals surface area contributed by atoms with Gasteiger partial charge in [-0.2, -0.15) is 18.3 Å².